The van der Waals surface area contributed by atoms with Crippen molar-refractivity contribution in [3.05, 3.63) is 6.07 Å². The smallest absolute Gasteiger partial charge is 0.373 e. The van der Waals surface area contributed by atoms with Crippen LogP contribution in [0.3, 0.4) is 0 Å². The summed E-state index contributed by atoms with van der Waals surface area (Å²) >= 11 is 1.37. The Bertz CT molecular complexity index is 444. The molecule has 1 fully saturated rings. The van der Waals surface area contributed by atoms with Crippen LogP contribution in [0.25, 0.3) is 0 Å². The lowest BCUT2D eigenvalue weighted by molar-refractivity contribution is -0.176. The summed E-state index contributed by atoms with van der Waals surface area (Å²) in [6.07, 6.45) is -1.58. The Morgan fingerprint density at radius 2 is 2.15 bits per heavy atom. The van der Waals surface area contributed by atoms with Gasteiger partial charge < -0.3 is 10.2 Å². The maximum Gasteiger partial charge on any atom is 0.393 e. The summed E-state index contributed by atoms with van der Waals surface area (Å²) in [5.41, 5.74) is 0. The molecule has 0 aliphatic carbocycles. The molecule has 1 aromatic heterocycles. The molecule has 1 unspecified atom stereocenters. The van der Waals surface area contributed by atoms with Crippen LogP contribution in [0, 0.1) is 5.92 Å². The molecule has 1 atom stereocenters. The molecule has 0 aromatic carbocycles. The van der Waals surface area contributed by atoms with Crippen molar-refractivity contribution < 1.29 is 13.2 Å². The highest BCUT2D eigenvalue weighted by atomic mass is 32.2. The third-order valence-corrected chi connectivity index (χ3v) is 3.89. The van der Waals surface area contributed by atoms with Crippen LogP contribution in [-0.2, 0) is 0 Å². The number of rotatable bonds is 3. The Kier molecular flexibility index (Phi) is 4.62. The molecule has 8 heteroatoms. The SMILES string of the molecule is CNc1cc(N2CCCC(C(F)(F)F)C2)nc(SC)n1. The van der Waals surface area contributed by atoms with Gasteiger partial charge in [-0.1, -0.05) is 11.8 Å². The van der Waals surface area contributed by atoms with Gasteiger partial charge >= 0.3 is 6.18 Å². The summed E-state index contributed by atoms with van der Waals surface area (Å²) in [5.74, 6) is -0.0990. The molecule has 0 bridgehead atoms. The number of piperidine rings is 1. The van der Waals surface area contributed by atoms with Crippen LogP contribution in [-0.4, -0.2) is 42.5 Å². The predicted molar refractivity (Wildman–Crippen MR) is 74.4 cm³/mol. The van der Waals surface area contributed by atoms with Crippen molar-refractivity contribution in [1.29, 1.82) is 0 Å². The molecule has 2 rings (SSSR count). The van der Waals surface area contributed by atoms with Crippen molar-refractivity contribution in [3.8, 4) is 0 Å². The molecule has 1 aliphatic rings. The van der Waals surface area contributed by atoms with Crippen molar-refractivity contribution >= 4 is 23.4 Å². The summed E-state index contributed by atoms with van der Waals surface area (Å²) in [6.45, 7) is 0.568. The van der Waals surface area contributed by atoms with Crippen molar-refractivity contribution in [2.24, 2.45) is 5.92 Å². The summed E-state index contributed by atoms with van der Waals surface area (Å²) in [6, 6.07) is 1.69. The van der Waals surface area contributed by atoms with E-state index in [0.717, 1.165) is 0 Å². The van der Waals surface area contributed by atoms with Gasteiger partial charge in [0.15, 0.2) is 5.16 Å². The van der Waals surface area contributed by atoms with E-state index in [9.17, 15) is 13.2 Å². The Balaban J connectivity index is 2.22. The van der Waals surface area contributed by atoms with E-state index in [2.05, 4.69) is 15.3 Å². The molecule has 0 radical (unpaired) electrons. The number of hydrogen-bond donors (Lipinski definition) is 1. The van der Waals surface area contributed by atoms with Gasteiger partial charge in [0, 0.05) is 26.2 Å². The van der Waals surface area contributed by atoms with Crippen LogP contribution in [0.15, 0.2) is 11.2 Å². The monoisotopic (exact) mass is 306 g/mol. The number of nitrogens with zero attached hydrogens (tertiary/aromatic N) is 3. The summed E-state index contributed by atoms with van der Waals surface area (Å²) in [7, 11) is 1.73. The van der Waals surface area contributed by atoms with Crippen LogP contribution < -0.4 is 10.2 Å². The van der Waals surface area contributed by atoms with E-state index in [1.807, 2.05) is 6.26 Å². The van der Waals surface area contributed by atoms with Gasteiger partial charge in [0.1, 0.15) is 11.6 Å². The molecule has 2 heterocycles. The molecule has 20 heavy (non-hydrogen) atoms. The van der Waals surface area contributed by atoms with Crippen molar-refractivity contribution in [1.82, 2.24) is 9.97 Å². The van der Waals surface area contributed by atoms with E-state index < -0.39 is 12.1 Å². The lowest BCUT2D eigenvalue weighted by Gasteiger charge is -2.34. The molecular formula is C12H17F3N4S. The van der Waals surface area contributed by atoms with E-state index in [1.54, 1.807) is 18.0 Å². The zero-order valence-electron chi connectivity index (χ0n) is 11.4. The minimum atomic E-state index is -4.14. The number of thioether (sulfide) groups is 1. The zero-order valence-corrected chi connectivity index (χ0v) is 12.2. The van der Waals surface area contributed by atoms with E-state index in [4.69, 9.17) is 0 Å². The first-order valence-electron chi connectivity index (χ1n) is 6.36. The largest absolute Gasteiger partial charge is 0.393 e. The molecule has 0 spiro atoms. The van der Waals surface area contributed by atoms with Gasteiger partial charge in [-0.15, -0.1) is 0 Å². The van der Waals surface area contributed by atoms with Gasteiger partial charge in [-0.3, -0.25) is 0 Å². The van der Waals surface area contributed by atoms with E-state index in [0.29, 0.717) is 29.8 Å². The topological polar surface area (TPSA) is 41.0 Å². The van der Waals surface area contributed by atoms with Gasteiger partial charge in [-0.25, -0.2) is 9.97 Å². The minimum Gasteiger partial charge on any atom is -0.373 e. The van der Waals surface area contributed by atoms with Crippen molar-refractivity contribution in [2.75, 3.05) is 36.6 Å². The number of hydrogen-bond acceptors (Lipinski definition) is 5. The number of alkyl halides is 3. The standard InChI is InChI=1S/C12H17F3N4S/c1-16-9-6-10(18-11(17-9)20-2)19-5-3-4-8(7-19)12(13,14)15/h6,8H,3-5,7H2,1-2H3,(H,16,17,18). The van der Waals surface area contributed by atoms with Gasteiger partial charge in [0.05, 0.1) is 5.92 Å². The second-order valence-corrected chi connectivity index (χ2v) is 5.45. The molecule has 1 saturated heterocycles. The van der Waals surface area contributed by atoms with Crippen LogP contribution in [0.1, 0.15) is 12.8 Å². The maximum atomic E-state index is 12.8. The first-order valence-corrected chi connectivity index (χ1v) is 7.59. The number of anilines is 2. The average Bonchev–Trinajstić information content (AvgIpc) is 2.46. The Morgan fingerprint density at radius 1 is 1.40 bits per heavy atom. The highest BCUT2D eigenvalue weighted by Crippen LogP contribution is 2.34. The van der Waals surface area contributed by atoms with Crippen LogP contribution >= 0.6 is 11.8 Å². The molecule has 0 saturated carbocycles. The molecule has 112 valence electrons. The Morgan fingerprint density at radius 3 is 2.75 bits per heavy atom. The molecule has 1 N–H and O–H groups in total. The third kappa shape index (κ3) is 3.47. The quantitative estimate of drug-likeness (QED) is 0.687. The molecule has 1 aliphatic heterocycles. The summed E-state index contributed by atoms with van der Waals surface area (Å²) in [4.78, 5) is 10.2. The Hall–Kier alpha value is -1.18. The lowest BCUT2D eigenvalue weighted by atomic mass is 9.97. The fourth-order valence-electron chi connectivity index (χ4n) is 2.25. The van der Waals surface area contributed by atoms with Crippen molar-refractivity contribution in [3.63, 3.8) is 0 Å². The van der Waals surface area contributed by atoms with Gasteiger partial charge in [0.2, 0.25) is 0 Å². The number of aromatic nitrogens is 2. The first kappa shape index (κ1) is 15.2. The second-order valence-electron chi connectivity index (χ2n) is 4.67. The normalized spacial score (nSPS) is 20.1. The average molecular weight is 306 g/mol. The van der Waals surface area contributed by atoms with Crippen LogP contribution in [0.5, 0.6) is 0 Å². The highest BCUT2D eigenvalue weighted by molar-refractivity contribution is 7.98. The fourth-order valence-corrected chi connectivity index (χ4v) is 2.62. The van der Waals surface area contributed by atoms with Crippen LogP contribution in [0.2, 0.25) is 0 Å². The van der Waals surface area contributed by atoms with Gasteiger partial charge in [0.25, 0.3) is 0 Å². The Labute approximate surface area is 120 Å². The number of halogens is 3. The predicted octanol–water partition coefficient (Wildman–Crippen LogP) is 3.02. The molecule has 0 amide bonds. The van der Waals surface area contributed by atoms with Gasteiger partial charge in [-0.05, 0) is 19.1 Å². The minimum absolute atomic E-state index is 0.0303. The second kappa shape index (κ2) is 6.07. The summed E-state index contributed by atoms with van der Waals surface area (Å²) < 4.78 is 38.5. The highest BCUT2D eigenvalue weighted by Gasteiger charge is 2.42. The molecule has 1 aromatic rings. The maximum absolute atomic E-state index is 12.8. The first-order chi connectivity index (χ1) is 9.44. The van der Waals surface area contributed by atoms with E-state index >= 15 is 0 Å². The van der Waals surface area contributed by atoms with Crippen LogP contribution in [0.4, 0.5) is 24.8 Å². The molecular weight excluding hydrogens is 289 g/mol. The summed E-state index contributed by atoms with van der Waals surface area (Å²) in [5, 5.41) is 3.47. The van der Waals surface area contributed by atoms with E-state index in [-0.39, 0.29) is 13.0 Å². The fraction of sp³-hybridized carbons (Fsp3) is 0.667. The van der Waals surface area contributed by atoms with Gasteiger partial charge in [-0.2, -0.15) is 13.2 Å². The van der Waals surface area contributed by atoms with E-state index in [1.165, 1.54) is 11.8 Å². The lowest BCUT2D eigenvalue weighted by Crippen LogP contribution is -2.42. The zero-order chi connectivity index (χ0) is 14.8. The number of nitrogens with one attached hydrogen (secondary N) is 1. The third-order valence-electron chi connectivity index (χ3n) is 3.34. The van der Waals surface area contributed by atoms with Crippen molar-refractivity contribution in [2.45, 2.75) is 24.2 Å². The molecule has 4 nitrogen and oxygen atoms in total.